The largest absolute Gasteiger partial charge is 0.384 e. The lowest BCUT2D eigenvalue weighted by Crippen LogP contribution is -2.52. The van der Waals surface area contributed by atoms with E-state index in [4.69, 9.17) is 0 Å². The minimum Gasteiger partial charge on any atom is -0.384 e. The Bertz CT molecular complexity index is 636. The van der Waals surface area contributed by atoms with Crippen LogP contribution >= 0.6 is 0 Å². The predicted molar refractivity (Wildman–Crippen MR) is 86.1 cm³/mol. The van der Waals surface area contributed by atoms with Gasteiger partial charge in [0.05, 0.1) is 0 Å². The predicted octanol–water partition coefficient (Wildman–Crippen LogP) is 1.79. The SMILES string of the molecule is CC(C)(C)NC(=O)NCC12CNc3cccc(c31)NC(=O)C2. The molecule has 0 saturated carbocycles. The summed E-state index contributed by atoms with van der Waals surface area (Å²) in [5.74, 6) is -0.00798. The van der Waals surface area contributed by atoms with Gasteiger partial charge < -0.3 is 21.3 Å². The van der Waals surface area contributed by atoms with Crippen LogP contribution in [0.1, 0.15) is 32.8 Å². The van der Waals surface area contributed by atoms with E-state index in [-0.39, 0.29) is 22.9 Å². The van der Waals surface area contributed by atoms with Gasteiger partial charge in [0.2, 0.25) is 5.91 Å². The van der Waals surface area contributed by atoms with Gasteiger partial charge in [0.15, 0.2) is 0 Å². The van der Waals surface area contributed by atoms with Crippen LogP contribution in [0.5, 0.6) is 0 Å². The topological polar surface area (TPSA) is 82.3 Å². The number of benzene rings is 1. The molecule has 1 aromatic carbocycles. The molecule has 2 aliphatic heterocycles. The maximum Gasteiger partial charge on any atom is 0.315 e. The van der Waals surface area contributed by atoms with Crippen molar-refractivity contribution in [3.63, 3.8) is 0 Å². The third kappa shape index (κ3) is 2.61. The highest BCUT2D eigenvalue weighted by atomic mass is 16.2. The minimum atomic E-state index is -0.372. The number of hydrogen-bond acceptors (Lipinski definition) is 3. The molecule has 1 aromatic rings. The molecule has 4 N–H and O–H groups in total. The van der Waals surface area contributed by atoms with E-state index in [0.29, 0.717) is 19.5 Å². The molecule has 0 aliphatic carbocycles. The average Bonchev–Trinajstić information content (AvgIpc) is 2.76. The third-order valence-corrected chi connectivity index (χ3v) is 4.06. The summed E-state index contributed by atoms with van der Waals surface area (Å²) < 4.78 is 0. The molecule has 0 saturated heterocycles. The van der Waals surface area contributed by atoms with Crippen molar-refractivity contribution >= 4 is 23.3 Å². The van der Waals surface area contributed by atoms with E-state index in [1.807, 2.05) is 39.0 Å². The molecule has 2 aliphatic rings. The molecule has 0 spiro atoms. The zero-order chi connectivity index (χ0) is 16.0. The van der Waals surface area contributed by atoms with Crippen molar-refractivity contribution in [2.24, 2.45) is 0 Å². The molecule has 0 radical (unpaired) electrons. The van der Waals surface area contributed by atoms with Gasteiger partial charge in [-0.05, 0) is 32.9 Å². The number of rotatable bonds is 2. The Hall–Kier alpha value is -2.24. The standard InChI is InChI=1S/C16H22N4O2/c1-15(2,3)20-14(22)18-9-16-7-12(21)19-11-6-4-5-10(13(11)16)17-8-16/h4-6,17H,7-9H2,1-3H3,(H,19,21)(H2,18,20,22). The zero-order valence-corrected chi connectivity index (χ0v) is 13.2. The molecule has 1 unspecified atom stereocenters. The van der Waals surface area contributed by atoms with Crippen LogP contribution in [0.3, 0.4) is 0 Å². The molecule has 2 heterocycles. The molecule has 22 heavy (non-hydrogen) atoms. The second kappa shape index (κ2) is 4.90. The number of urea groups is 1. The molecule has 6 nitrogen and oxygen atoms in total. The number of carbonyl (C=O) groups excluding carboxylic acids is 2. The van der Waals surface area contributed by atoms with Crippen LogP contribution in [0.4, 0.5) is 16.2 Å². The van der Waals surface area contributed by atoms with Crippen LogP contribution in [0.25, 0.3) is 0 Å². The lowest BCUT2D eigenvalue weighted by atomic mass is 9.76. The summed E-state index contributed by atoms with van der Waals surface area (Å²) in [4.78, 5) is 24.1. The van der Waals surface area contributed by atoms with E-state index in [2.05, 4.69) is 21.3 Å². The monoisotopic (exact) mass is 302 g/mol. The summed E-state index contributed by atoms with van der Waals surface area (Å²) in [5.41, 5.74) is 2.32. The van der Waals surface area contributed by atoms with Gasteiger partial charge in [0.25, 0.3) is 0 Å². The van der Waals surface area contributed by atoms with Gasteiger partial charge in [-0.15, -0.1) is 0 Å². The molecule has 3 amide bonds. The molecule has 6 heteroatoms. The highest BCUT2D eigenvalue weighted by Gasteiger charge is 2.45. The second-order valence-electron chi connectivity index (χ2n) is 7.14. The van der Waals surface area contributed by atoms with Crippen molar-refractivity contribution in [1.29, 1.82) is 0 Å². The highest BCUT2D eigenvalue weighted by Crippen LogP contribution is 2.46. The fourth-order valence-electron chi connectivity index (χ4n) is 3.23. The van der Waals surface area contributed by atoms with E-state index in [9.17, 15) is 9.59 Å². The lowest BCUT2D eigenvalue weighted by molar-refractivity contribution is -0.117. The molecule has 3 rings (SSSR count). The van der Waals surface area contributed by atoms with Crippen LogP contribution in [-0.4, -0.2) is 30.6 Å². The third-order valence-electron chi connectivity index (χ3n) is 4.06. The normalized spacial score (nSPS) is 22.4. The first-order valence-corrected chi connectivity index (χ1v) is 7.52. The Balaban J connectivity index is 1.81. The smallest absolute Gasteiger partial charge is 0.315 e. The fourth-order valence-corrected chi connectivity index (χ4v) is 3.23. The van der Waals surface area contributed by atoms with Crippen molar-refractivity contribution in [3.05, 3.63) is 23.8 Å². The van der Waals surface area contributed by atoms with Gasteiger partial charge >= 0.3 is 6.03 Å². The summed E-state index contributed by atoms with van der Waals surface area (Å²) in [6.07, 6.45) is 0.375. The number of hydrogen-bond donors (Lipinski definition) is 4. The first-order chi connectivity index (χ1) is 10.3. The van der Waals surface area contributed by atoms with Crippen molar-refractivity contribution in [2.75, 3.05) is 23.7 Å². The van der Waals surface area contributed by atoms with Gasteiger partial charge in [0, 0.05) is 47.4 Å². The van der Waals surface area contributed by atoms with E-state index < -0.39 is 0 Å². The van der Waals surface area contributed by atoms with Crippen molar-refractivity contribution in [3.8, 4) is 0 Å². The number of nitrogens with one attached hydrogen (secondary N) is 4. The van der Waals surface area contributed by atoms with E-state index in [1.54, 1.807) is 0 Å². The molecular formula is C16H22N4O2. The quantitative estimate of drug-likeness (QED) is 0.672. The Morgan fingerprint density at radius 3 is 2.77 bits per heavy atom. The first kappa shape index (κ1) is 14.7. The lowest BCUT2D eigenvalue weighted by Gasteiger charge is -2.34. The van der Waals surface area contributed by atoms with Gasteiger partial charge in [-0.3, -0.25) is 4.79 Å². The van der Waals surface area contributed by atoms with Gasteiger partial charge in [-0.25, -0.2) is 4.79 Å². The van der Waals surface area contributed by atoms with Crippen molar-refractivity contribution in [2.45, 2.75) is 38.1 Å². The number of carbonyl (C=O) groups is 2. The molecule has 0 bridgehead atoms. The minimum absolute atomic E-state index is 0.00798. The van der Waals surface area contributed by atoms with Crippen molar-refractivity contribution < 1.29 is 9.59 Å². The van der Waals surface area contributed by atoms with E-state index in [1.165, 1.54) is 0 Å². The van der Waals surface area contributed by atoms with Gasteiger partial charge in [0.1, 0.15) is 0 Å². The maximum absolute atomic E-state index is 12.0. The Morgan fingerprint density at radius 2 is 2.05 bits per heavy atom. The first-order valence-electron chi connectivity index (χ1n) is 7.52. The number of anilines is 2. The van der Waals surface area contributed by atoms with Crippen LogP contribution < -0.4 is 21.3 Å². The summed E-state index contributed by atoms with van der Waals surface area (Å²) >= 11 is 0. The summed E-state index contributed by atoms with van der Waals surface area (Å²) in [6, 6.07) is 5.63. The molecule has 118 valence electrons. The zero-order valence-electron chi connectivity index (χ0n) is 13.2. The summed E-state index contributed by atoms with van der Waals surface area (Å²) in [5, 5.41) is 12.1. The second-order valence-corrected chi connectivity index (χ2v) is 7.14. The Kier molecular flexibility index (Phi) is 3.27. The van der Waals surface area contributed by atoms with Crippen LogP contribution in [0.15, 0.2) is 18.2 Å². The molecule has 0 fully saturated rings. The number of amides is 3. The van der Waals surface area contributed by atoms with Gasteiger partial charge in [-0.1, -0.05) is 6.07 Å². The van der Waals surface area contributed by atoms with E-state index in [0.717, 1.165) is 16.9 Å². The molecule has 0 aromatic heterocycles. The summed E-state index contributed by atoms with van der Waals surface area (Å²) in [6.45, 7) is 6.89. The highest BCUT2D eigenvalue weighted by molar-refractivity contribution is 5.98. The molecule has 1 atom stereocenters. The average molecular weight is 302 g/mol. The van der Waals surface area contributed by atoms with Crippen LogP contribution in [0.2, 0.25) is 0 Å². The van der Waals surface area contributed by atoms with Crippen LogP contribution in [-0.2, 0) is 10.2 Å². The van der Waals surface area contributed by atoms with Gasteiger partial charge in [-0.2, -0.15) is 0 Å². The Morgan fingerprint density at radius 1 is 1.32 bits per heavy atom. The summed E-state index contributed by atoms with van der Waals surface area (Å²) in [7, 11) is 0. The van der Waals surface area contributed by atoms with Crippen molar-refractivity contribution in [1.82, 2.24) is 10.6 Å². The molecular weight excluding hydrogens is 280 g/mol. The maximum atomic E-state index is 12.0. The fraction of sp³-hybridized carbons (Fsp3) is 0.500. The van der Waals surface area contributed by atoms with E-state index >= 15 is 0 Å². The van der Waals surface area contributed by atoms with Crippen LogP contribution in [0, 0.1) is 0 Å². The Labute approximate surface area is 130 Å².